The summed E-state index contributed by atoms with van der Waals surface area (Å²) in [6, 6.07) is 15.4. The van der Waals surface area contributed by atoms with Crippen LogP contribution in [-0.2, 0) is 0 Å². The van der Waals surface area contributed by atoms with Crippen molar-refractivity contribution >= 4 is 22.7 Å². The van der Waals surface area contributed by atoms with Gasteiger partial charge in [0.25, 0.3) is 0 Å². The highest BCUT2D eigenvalue weighted by molar-refractivity contribution is 5.88. The van der Waals surface area contributed by atoms with E-state index in [0.717, 1.165) is 5.56 Å². The van der Waals surface area contributed by atoms with Crippen LogP contribution in [0.3, 0.4) is 0 Å². The number of benzene rings is 2. The molecule has 0 saturated heterocycles. The summed E-state index contributed by atoms with van der Waals surface area (Å²) < 4.78 is 5.44. The van der Waals surface area contributed by atoms with Crippen molar-refractivity contribution in [2.75, 3.05) is 0 Å². The molecule has 144 valence electrons. The van der Waals surface area contributed by atoms with E-state index in [0.29, 0.717) is 29.5 Å². The Kier molecular flexibility index (Phi) is 5.74. The Bertz CT molecular complexity index is 1070. The molecule has 1 atom stereocenters. The minimum absolute atomic E-state index is 0.112. The molecule has 0 unspecified atom stereocenters. The summed E-state index contributed by atoms with van der Waals surface area (Å²) in [7, 11) is 0. The number of primary amides is 1. The van der Waals surface area contributed by atoms with Gasteiger partial charge >= 0.3 is 11.7 Å². The molecule has 1 heterocycles. The number of para-hydroxylation sites is 1. The molecule has 0 bridgehead atoms. The highest BCUT2D eigenvalue weighted by atomic mass is 16.4. The first-order valence-corrected chi connectivity index (χ1v) is 8.91. The SMILES string of the molecule is CCC(C[C@H](c1ccccc1)c1c(O)c2ccccc2oc1=O)=NNC(N)=O. The number of hydrogen-bond donors (Lipinski definition) is 3. The van der Waals surface area contributed by atoms with E-state index in [1.165, 1.54) is 0 Å². The quantitative estimate of drug-likeness (QED) is 0.345. The lowest BCUT2D eigenvalue weighted by atomic mass is 9.86. The average molecular weight is 379 g/mol. The van der Waals surface area contributed by atoms with Crippen LogP contribution in [0.1, 0.15) is 36.8 Å². The van der Waals surface area contributed by atoms with Gasteiger partial charge in [-0.25, -0.2) is 15.0 Å². The van der Waals surface area contributed by atoms with E-state index in [-0.39, 0.29) is 11.3 Å². The molecule has 28 heavy (non-hydrogen) atoms. The standard InChI is InChI=1S/C21H21N3O4/c1-2-14(23-24-21(22)27)12-16(13-8-4-3-5-9-13)18-19(25)15-10-6-7-11-17(15)28-20(18)26/h3-11,16,25H,2,12H2,1H3,(H3,22,24,27)/t16-/m1/s1. The van der Waals surface area contributed by atoms with Crippen LogP contribution in [0.5, 0.6) is 5.75 Å². The van der Waals surface area contributed by atoms with Gasteiger partial charge in [-0.3, -0.25) is 0 Å². The van der Waals surface area contributed by atoms with Gasteiger partial charge in [-0.2, -0.15) is 5.10 Å². The molecule has 7 nitrogen and oxygen atoms in total. The number of aromatic hydroxyl groups is 1. The summed E-state index contributed by atoms with van der Waals surface area (Å²) in [5.41, 5.74) is 8.64. The third kappa shape index (κ3) is 4.03. The number of hydrazone groups is 1. The molecule has 2 amide bonds. The van der Waals surface area contributed by atoms with Gasteiger partial charge < -0.3 is 15.3 Å². The largest absolute Gasteiger partial charge is 0.507 e. The monoisotopic (exact) mass is 379 g/mol. The van der Waals surface area contributed by atoms with Crippen molar-refractivity contribution in [2.45, 2.75) is 25.7 Å². The second-order valence-electron chi connectivity index (χ2n) is 6.32. The summed E-state index contributed by atoms with van der Waals surface area (Å²) >= 11 is 0. The fourth-order valence-corrected chi connectivity index (χ4v) is 3.17. The maximum atomic E-state index is 12.7. The van der Waals surface area contributed by atoms with Gasteiger partial charge in [-0.15, -0.1) is 0 Å². The number of rotatable bonds is 6. The highest BCUT2D eigenvalue weighted by Crippen LogP contribution is 2.36. The predicted octanol–water partition coefficient (Wildman–Crippen LogP) is 3.45. The van der Waals surface area contributed by atoms with Gasteiger partial charge in [0, 0.05) is 11.6 Å². The molecule has 1 aromatic heterocycles. The van der Waals surface area contributed by atoms with Crippen molar-refractivity contribution in [1.82, 2.24) is 5.43 Å². The Morgan fingerprint density at radius 2 is 1.86 bits per heavy atom. The number of carbonyl (C=O) groups is 1. The number of carbonyl (C=O) groups excluding carboxylic acids is 1. The maximum absolute atomic E-state index is 12.7. The van der Waals surface area contributed by atoms with Crippen LogP contribution < -0.4 is 16.8 Å². The Hall–Kier alpha value is -3.61. The Balaban J connectivity index is 2.15. The van der Waals surface area contributed by atoms with Crippen LogP contribution in [-0.4, -0.2) is 16.8 Å². The van der Waals surface area contributed by atoms with E-state index >= 15 is 0 Å². The Morgan fingerprint density at radius 3 is 2.54 bits per heavy atom. The van der Waals surface area contributed by atoms with Crippen molar-refractivity contribution < 1.29 is 14.3 Å². The maximum Gasteiger partial charge on any atom is 0.343 e. The van der Waals surface area contributed by atoms with Crippen LogP contribution in [0, 0.1) is 0 Å². The number of fused-ring (bicyclic) bond motifs is 1. The molecule has 0 aliphatic heterocycles. The number of nitrogens with two attached hydrogens (primary N) is 1. The van der Waals surface area contributed by atoms with Crippen molar-refractivity contribution in [3.63, 3.8) is 0 Å². The molecule has 0 aliphatic rings. The molecule has 0 fully saturated rings. The zero-order valence-corrected chi connectivity index (χ0v) is 15.4. The molecule has 0 spiro atoms. The summed E-state index contributed by atoms with van der Waals surface area (Å²) in [5.74, 6) is -0.616. The molecular formula is C21H21N3O4. The summed E-state index contributed by atoms with van der Waals surface area (Å²) in [5, 5.41) is 15.4. The van der Waals surface area contributed by atoms with E-state index in [4.69, 9.17) is 10.2 Å². The molecule has 3 aromatic rings. The predicted molar refractivity (Wildman–Crippen MR) is 107 cm³/mol. The minimum Gasteiger partial charge on any atom is -0.507 e. The fourth-order valence-electron chi connectivity index (χ4n) is 3.17. The highest BCUT2D eigenvalue weighted by Gasteiger charge is 2.26. The van der Waals surface area contributed by atoms with Crippen LogP contribution in [0.25, 0.3) is 11.0 Å². The molecular weight excluding hydrogens is 358 g/mol. The molecule has 7 heteroatoms. The number of hydrogen-bond acceptors (Lipinski definition) is 5. The lowest BCUT2D eigenvalue weighted by Crippen LogP contribution is -2.26. The second kappa shape index (κ2) is 8.39. The van der Waals surface area contributed by atoms with Gasteiger partial charge in [0.05, 0.1) is 10.9 Å². The summed E-state index contributed by atoms with van der Waals surface area (Å²) in [4.78, 5) is 23.7. The van der Waals surface area contributed by atoms with Gasteiger partial charge in [0.1, 0.15) is 11.3 Å². The van der Waals surface area contributed by atoms with Gasteiger partial charge in [0.15, 0.2) is 0 Å². The van der Waals surface area contributed by atoms with E-state index in [1.807, 2.05) is 37.3 Å². The topological polar surface area (TPSA) is 118 Å². The summed E-state index contributed by atoms with van der Waals surface area (Å²) in [6.45, 7) is 1.88. The average Bonchev–Trinajstić information content (AvgIpc) is 2.70. The first kappa shape index (κ1) is 19.2. The molecule has 3 rings (SSSR count). The Morgan fingerprint density at radius 1 is 1.18 bits per heavy atom. The lowest BCUT2D eigenvalue weighted by molar-refractivity contribution is 0.249. The number of amides is 2. The minimum atomic E-state index is -0.768. The zero-order chi connectivity index (χ0) is 20.1. The van der Waals surface area contributed by atoms with Crippen LogP contribution >= 0.6 is 0 Å². The van der Waals surface area contributed by atoms with Gasteiger partial charge in [0.2, 0.25) is 0 Å². The molecule has 0 radical (unpaired) electrons. The van der Waals surface area contributed by atoms with Crippen molar-refractivity contribution in [2.24, 2.45) is 10.8 Å². The second-order valence-corrected chi connectivity index (χ2v) is 6.32. The van der Waals surface area contributed by atoms with Crippen molar-refractivity contribution in [1.29, 1.82) is 0 Å². The van der Waals surface area contributed by atoms with Crippen LogP contribution in [0.15, 0.2) is 68.9 Å². The van der Waals surface area contributed by atoms with Crippen molar-refractivity contribution in [3.05, 3.63) is 76.1 Å². The van der Waals surface area contributed by atoms with E-state index in [1.54, 1.807) is 24.3 Å². The van der Waals surface area contributed by atoms with E-state index in [2.05, 4.69) is 10.5 Å². The fraction of sp³-hybridized carbons (Fsp3) is 0.190. The normalized spacial score (nSPS) is 12.7. The molecule has 0 saturated carbocycles. The van der Waals surface area contributed by atoms with Crippen molar-refractivity contribution in [3.8, 4) is 5.75 Å². The molecule has 4 N–H and O–H groups in total. The first-order valence-electron chi connectivity index (χ1n) is 8.91. The third-order valence-corrected chi connectivity index (χ3v) is 4.54. The number of nitrogens with one attached hydrogen (secondary N) is 1. The van der Waals surface area contributed by atoms with E-state index < -0.39 is 17.6 Å². The van der Waals surface area contributed by atoms with Crippen LogP contribution in [0.2, 0.25) is 0 Å². The van der Waals surface area contributed by atoms with Crippen LogP contribution in [0.4, 0.5) is 4.79 Å². The number of urea groups is 1. The smallest absolute Gasteiger partial charge is 0.343 e. The van der Waals surface area contributed by atoms with E-state index in [9.17, 15) is 14.7 Å². The lowest BCUT2D eigenvalue weighted by Gasteiger charge is -2.19. The molecule has 0 aliphatic carbocycles. The zero-order valence-electron chi connectivity index (χ0n) is 15.4. The van der Waals surface area contributed by atoms with Gasteiger partial charge in [-0.1, -0.05) is 49.4 Å². The summed E-state index contributed by atoms with van der Waals surface area (Å²) in [6.07, 6.45) is 0.834. The molecule has 2 aromatic carbocycles. The first-order chi connectivity index (χ1) is 13.5. The van der Waals surface area contributed by atoms with Gasteiger partial charge in [-0.05, 0) is 30.5 Å². The Labute approximate surface area is 161 Å². The third-order valence-electron chi connectivity index (χ3n) is 4.54. The number of nitrogens with zero attached hydrogens (tertiary/aromatic N) is 1.